The van der Waals surface area contributed by atoms with E-state index in [0.717, 1.165) is 6.61 Å². The van der Waals surface area contributed by atoms with E-state index >= 15 is 0 Å². The van der Waals surface area contributed by atoms with Crippen molar-refractivity contribution >= 4 is 18.6 Å². The van der Waals surface area contributed by atoms with Crippen molar-refractivity contribution in [1.29, 1.82) is 0 Å². The van der Waals surface area contributed by atoms with Crippen molar-refractivity contribution < 1.29 is 14.6 Å². The van der Waals surface area contributed by atoms with Crippen LogP contribution in [0.1, 0.15) is 6.42 Å². The first-order valence-corrected chi connectivity index (χ1v) is 3.39. The zero-order chi connectivity index (χ0) is 7.56. The van der Waals surface area contributed by atoms with Crippen LogP contribution in [-0.4, -0.2) is 23.8 Å². The molecule has 0 aromatic heterocycles. The molecule has 56 valence electrons. The quantitative estimate of drug-likeness (QED) is 0.362. The summed E-state index contributed by atoms with van der Waals surface area (Å²) >= 11 is 3.73. The molecule has 0 aliphatic carbocycles. The van der Waals surface area contributed by atoms with Gasteiger partial charge in [-0.3, -0.25) is 0 Å². The number of hydrogen-bond acceptors (Lipinski definition) is 3. The molecule has 0 aromatic rings. The van der Waals surface area contributed by atoms with Gasteiger partial charge in [0.05, 0.1) is 17.6 Å². The van der Waals surface area contributed by atoms with Gasteiger partial charge in [0.1, 0.15) is 0 Å². The number of thiol groups is 1. The van der Waals surface area contributed by atoms with Crippen LogP contribution in [0, 0.1) is 0 Å². The molecule has 1 atom stereocenters. The molecule has 0 bridgehead atoms. The lowest BCUT2D eigenvalue weighted by molar-refractivity contribution is -0.131. The summed E-state index contributed by atoms with van der Waals surface area (Å²) in [5, 5.41) is 8.33. The normalized spacial score (nSPS) is 24.5. The summed E-state index contributed by atoms with van der Waals surface area (Å²) in [6, 6.07) is 0. The highest BCUT2D eigenvalue weighted by Crippen LogP contribution is 2.15. The summed E-state index contributed by atoms with van der Waals surface area (Å²) in [6.45, 7) is 0.747. The Morgan fingerprint density at radius 3 is 2.90 bits per heavy atom. The van der Waals surface area contributed by atoms with Gasteiger partial charge < -0.3 is 9.84 Å². The van der Waals surface area contributed by atoms with Crippen LogP contribution in [0.15, 0.2) is 11.0 Å². The van der Waals surface area contributed by atoms with Crippen LogP contribution in [-0.2, 0) is 9.53 Å². The average molecular weight is 160 g/mol. The minimum absolute atomic E-state index is 0.0931. The van der Waals surface area contributed by atoms with E-state index in [4.69, 9.17) is 9.84 Å². The Hall–Kier alpha value is -0.480. The maximum atomic E-state index is 10.1. The van der Waals surface area contributed by atoms with E-state index in [1.165, 1.54) is 0 Å². The second-order valence-electron chi connectivity index (χ2n) is 2.09. The maximum absolute atomic E-state index is 10.1. The third-order valence-corrected chi connectivity index (χ3v) is 1.57. The van der Waals surface area contributed by atoms with Crippen LogP contribution in [0.3, 0.4) is 0 Å². The third-order valence-electron chi connectivity index (χ3n) is 1.20. The van der Waals surface area contributed by atoms with Gasteiger partial charge in [0, 0.05) is 0 Å². The third kappa shape index (κ3) is 2.41. The fourth-order valence-corrected chi connectivity index (χ4v) is 0.640. The Morgan fingerprint density at radius 1 is 1.90 bits per heavy atom. The minimum Gasteiger partial charge on any atom is -0.477 e. The van der Waals surface area contributed by atoms with Gasteiger partial charge in [0.15, 0.2) is 0 Å². The fourth-order valence-electron chi connectivity index (χ4n) is 0.535. The summed E-state index contributed by atoms with van der Waals surface area (Å²) in [7, 11) is 0. The van der Waals surface area contributed by atoms with Crippen LogP contribution >= 0.6 is 12.6 Å². The van der Waals surface area contributed by atoms with Gasteiger partial charge in [-0.2, -0.15) is 0 Å². The topological polar surface area (TPSA) is 49.8 Å². The molecule has 1 saturated heterocycles. The molecule has 0 radical (unpaired) electrons. The molecule has 1 heterocycles. The second-order valence-corrected chi connectivity index (χ2v) is 2.57. The smallest absolute Gasteiger partial charge is 0.341 e. The Balaban J connectivity index is 2.29. The van der Waals surface area contributed by atoms with E-state index in [0.29, 0.717) is 6.42 Å². The molecule has 4 heteroatoms. The van der Waals surface area contributed by atoms with Crippen LogP contribution < -0.4 is 0 Å². The van der Waals surface area contributed by atoms with Gasteiger partial charge in [-0.1, -0.05) is 6.08 Å². The van der Waals surface area contributed by atoms with Crippen LogP contribution in [0.4, 0.5) is 0 Å². The number of ether oxygens (including phenoxy) is 1. The number of rotatable bonds is 3. The number of carbonyl (C=O) groups is 1. The second kappa shape index (κ2) is 3.07. The Bertz CT molecular complexity index is 172. The molecule has 3 nitrogen and oxygen atoms in total. The van der Waals surface area contributed by atoms with Gasteiger partial charge in [-0.05, 0) is 6.42 Å². The molecule has 1 fully saturated rings. The molecule has 10 heavy (non-hydrogen) atoms. The monoisotopic (exact) mass is 160 g/mol. The fraction of sp³-hybridized carbons (Fsp3) is 0.500. The summed E-state index contributed by atoms with van der Waals surface area (Å²) in [5.41, 5.74) is 0. The average Bonchev–Trinajstić information content (AvgIpc) is 2.64. The molecule has 0 spiro atoms. The summed E-state index contributed by atoms with van der Waals surface area (Å²) in [4.78, 5) is 10.2. The molecule has 1 aliphatic rings. The van der Waals surface area contributed by atoms with E-state index < -0.39 is 5.97 Å². The molecule has 0 amide bonds. The first-order chi connectivity index (χ1) is 4.70. The molecule has 0 saturated carbocycles. The van der Waals surface area contributed by atoms with Crippen molar-refractivity contribution in [2.24, 2.45) is 0 Å². The molecule has 0 aromatic carbocycles. The van der Waals surface area contributed by atoms with Crippen LogP contribution in [0.2, 0.25) is 0 Å². The lowest BCUT2D eigenvalue weighted by Crippen LogP contribution is -1.94. The summed E-state index contributed by atoms with van der Waals surface area (Å²) in [5.74, 6) is -0.982. The number of hydrogen-bond donors (Lipinski definition) is 2. The van der Waals surface area contributed by atoms with E-state index in [2.05, 4.69) is 12.6 Å². The minimum atomic E-state index is -0.982. The van der Waals surface area contributed by atoms with Crippen molar-refractivity contribution in [3.8, 4) is 0 Å². The summed E-state index contributed by atoms with van der Waals surface area (Å²) < 4.78 is 4.87. The molecule has 1 rings (SSSR count). The zero-order valence-electron chi connectivity index (χ0n) is 5.28. The summed E-state index contributed by atoms with van der Waals surface area (Å²) in [6.07, 6.45) is 2.45. The van der Waals surface area contributed by atoms with Crippen LogP contribution in [0.25, 0.3) is 0 Å². The Kier molecular flexibility index (Phi) is 2.34. The number of aliphatic carboxylic acids is 1. The highest BCUT2D eigenvalue weighted by atomic mass is 32.1. The first kappa shape index (κ1) is 7.63. The molecule has 1 N–H and O–H groups in total. The first-order valence-electron chi connectivity index (χ1n) is 2.94. The van der Waals surface area contributed by atoms with Crippen molar-refractivity contribution in [2.45, 2.75) is 12.5 Å². The van der Waals surface area contributed by atoms with E-state index in [-0.39, 0.29) is 11.0 Å². The number of carboxylic acid groups (broad SMARTS) is 1. The standard InChI is InChI=1S/C6H8O3S/c7-6(8)5(10)2-1-4-3-9-4/h2,4,10H,1,3H2,(H,7,8). The Labute approximate surface area is 64.1 Å². The highest BCUT2D eigenvalue weighted by molar-refractivity contribution is 7.85. The largest absolute Gasteiger partial charge is 0.477 e. The van der Waals surface area contributed by atoms with Gasteiger partial charge in [-0.25, -0.2) is 4.79 Å². The van der Waals surface area contributed by atoms with E-state index in [9.17, 15) is 4.79 Å². The molecule has 1 aliphatic heterocycles. The predicted molar refractivity (Wildman–Crippen MR) is 39.1 cm³/mol. The van der Waals surface area contributed by atoms with Gasteiger partial charge >= 0.3 is 5.97 Å². The molecular formula is C6H8O3S. The van der Waals surface area contributed by atoms with Crippen LogP contribution in [0.5, 0.6) is 0 Å². The number of carboxylic acids is 1. The number of epoxide rings is 1. The van der Waals surface area contributed by atoms with Gasteiger partial charge in [0.25, 0.3) is 0 Å². The maximum Gasteiger partial charge on any atom is 0.341 e. The predicted octanol–water partition coefficient (Wildman–Crippen LogP) is 0.674. The van der Waals surface area contributed by atoms with Crippen molar-refractivity contribution in [2.75, 3.05) is 6.61 Å². The lowest BCUT2D eigenvalue weighted by atomic mass is 10.3. The molecule has 1 unspecified atom stereocenters. The van der Waals surface area contributed by atoms with Gasteiger partial charge in [0.2, 0.25) is 0 Å². The highest BCUT2D eigenvalue weighted by Gasteiger charge is 2.20. The SMILES string of the molecule is O=C(O)C(S)=CCC1CO1. The molecular weight excluding hydrogens is 152 g/mol. The van der Waals surface area contributed by atoms with E-state index in [1.54, 1.807) is 6.08 Å². The van der Waals surface area contributed by atoms with Crippen molar-refractivity contribution in [1.82, 2.24) is 0 Å². The van der Waals surface area contributed by atoms with Crippen molar-refractivity contribution in [3.05, 3.63) is 11.0 Å². The van der Waals surface area contributed by atoms with E-state index in [1.807, 2.05) is 0 Å². The zero-order valence-corrected chi connectivity index (χ0v) is 6.17. The van der Waals surface area contributed by atoms with Gasteiger partial charge in [-0.15, -0.1) is 12.6 Å². The Morgan fingerprint density at radius 2 is 2.50 bits per heavy atom. The van der Waals surface area contributed by atoms with Crippen molar-refractivity contribution in [3.63, 3.8) is 0 Å². The lowest BCUT2D eigenvalue weighted by Gasteiger charge is -1.88.